The van der Waals surface area contributed by atoms with E-state index in [2.05, 4.69) is 51.9 Å². The molecule has 228 valence electrons. The summed E-state index contributed by atoms with van der Waals surface area (Å²) >= 11 is 7.09. The van der Waals surface area contributed by atoms with Gasteiger partial charge in [-0.3, -0.25) is 0 Å². The Morgan fingerprint density at radius 2 is 1.88 bits per heavy atom. The van der Waals surface area contributed by atoms with Crippen molar-refractivity contribution in [1.82, 2.24) is 4.98 Å². The van der Waals surface area contributed by atoms with Gasteiger partial charge in [-0.05, 0) is 111 Å². The van der Waals surface area contributed by atoms with Gasteiger partial charge in [-0.1, -0.05) is 44.2 Å². The number of allylic oxidation sites excluding steroid dienone is 1. The van der Waals surface area contributed by atoms with Crippen LogP contribution in [0, 0.1) is 23.2 Å². The molecule has 2 unspecified atom stereocenters. The van der Waals surface area contributed by atoms with E-state index in [1.54, 1.807) is 0 Å². The number of nitrogens with one attached hydrogen (secondary N) is 1. The number of aromatic nitrogens is 1. The Balaban J connectivity index is 1.28. The SMILES string of the molecule is C=C1Cc2c(Cl)cc3[nH]c4c5c3c2[C@H]2[C@@H]1C[C@@H]2C(C)(C)O[C@H]5C1CC[C@@]2(O)C3=C[C@@H](O)[C@@H](C(=C)C)OC3CC[C@]2(C)[C@@]41C. The summed E-state index contributed by atoms with van der Waals surface area (Å²) in [6.07, 6.45) is 5.41. The fraction of sp³-hybridized carbons (Fsp3) is 0.622. The molecule has 2 aliphatic heterocycles. The Labute approximate surface area is 259 Å². The van der Waals surface area contributed by atoms with Crippen molar-refractivity contribution in [1.29, 1.82) is 0 Å². The number of rotatable bonds is 1. The molecule has 7 aliphatic rings. The fourth-order valence-corrected chi connectivity index (χ4v) is 12.0. The van der Waals surface area contributed by atoms with Gasteiger partial charge in [0.1, 0.15) is 12.2 Å². The van der Waals surface area contributed by atoms with Crippen molar-refractivity contribution in [2.45, 2.75) is 120 Å². The quantitative estimate of drug-likeness (QED) is 0.299. The predicted octanol–water partition coefficient (Wildman–Crippen LogP) is 7.35. The zero-order valence-corrected chi connectivity index (χ0v) is 26.8. The number of aliphatic hydroxyl groups is 2. The number of aliphatic hydroxyl groups excluding tert-OH is 1. The van der Waals surface area contributed by atoms with Crippen molar-refractivity contribution < 1.29 is 19.7 Å². The van der Waals surface area contributed by atoms with E-state index < -0.39 is 28.6 Å². The van der Waals surface area contributed by atoms with E-state index in [1.165, 1.54) is 33.3 Å². The maximum atomic E-state index is 13.0. The normalized spacial score (nSPS) is 46.6. The monoisotopic (exact) mass is 601 g/mol. The molecular formula is C37H44ClNO4. The largest absolute Gasteiger partial charge is 0.386 e. The second-order valence-electron chi connectivity index (χ2n) is 16.1. The summed E-state index contributed by atoms with van der Waals surface area (Å²) in [4.78, 5) is 3.96. The van der Waals surface area contributed by atoms with Gasteiger partial charge in [0.25, 0.3) is 0 Å². The molecule has 0 bridgehead atoms. The van der Waals surface area contributed by atoms with Crippen LogP contribution in [0.2, 0.25) is 5.02 Å². The number of ether oxygens (including phenoxy) is 2. The lowest BCUT2D eigenvalue weighted by Gasteiger charge is -2.65. The van der Waals surface area contributed by atoms with Crippen LogP contribution < -0.4 is 0 Å². The molecule has 43 heavy (non-hydrogen) atoms. The summed E-state index contributed by atoms with van der Waals surface area (Å²) in [5, 5.41) is 26.3. The zero-order chi connectivity index (χ0) is 30.2. The second-order valence-corrected chi connectivity index (χ2v) is 16.5. The number of fused-ring (bicyclic) bond motifs is 7. The van der Waals surface area contributed by atoms with Crippen LogP contribution in [0.15, 0.2) is 42.0 Å². The Morgan fingerprint density at radius 3 is 2.63 bits per heavy atom. The molecule has 1 aromatic heterocycles. The van der Waals surface area contributed by atoms with Crippen molar-refractivity contribution >= 4 is 22.5 Å². The Bertz CT molecular complexity index is 1700. The molecule has 0 spiro atoms. The second kappa shape index (κ2) is 8.09. The molecule has 5 aliphatic carbocycles. The van der Waals surface area contributed by atoms with Crippen LogP contribution in [0.3, 0.4) is 0 Å². The molecule has 3 saturated carbocycles. The lowest BCUT2D eigenvalue weighted by Crippen LogP contribution is -2.68. The van der Waals surface area contributed by atoms with Gasteiger partial charge in [0.15, 0.2) is 0 Å². The Kier molecular flexibility index (Phi) is 5.16. The van der Waals surface area contributed by atoms with Gasteiger partial charge in [0, 0.05) is 43.9 Å². The maximum absolute atomic E-state index is 13.0. The molecule has 6 heteroatoms. The molecule has 3 heterocycles. The molecule has 1 aromatic carbocycles. The first-order chi connectivity index (χ1) is 20.2. The van der Waals surface area contributed by atoms with Gasteiger partial charge in [0.05, 0.1) is 23.4 Å². The lowest BCUT2D eigenvalue weighted by atomic mass is 9.42. The summed E-state index contributed by atoms with van der Waals surface area (Å²) in [5.41, 5.74) is 7.00. The van der Waals surface area contributed by atoms with E-state index in [1.807, 2.05) is 13.0 Å². The van der Waals surface area contributed by atoms with Crippen LogP contribution in [0.1, 0.15) is 101 Å². The standard InChI is InChI=1S/C37H44ClNO4/c1-16(2)31-25(40)14-21-26(42-31)9-10-35(6)36(7)20(8-11-37(21,35)41)32-30-29-24(39-33(30)36)15-23(38)19-12-17(3)18-13-22(27(18)28(19)29)34(4,5)43-32/h14-15,18,20,22,25-27,31-32,39-41H,1,3,8-13H2,2,4-7H3/t18-,20?,22+,25-,26?,27+,31-,32+,35-,36-,37-/m1/s1. The molecule has 9 rings (SSSR count). The molecule has 0 saturated heterocycles. The van der Waals surface area contributed by atoms with Crippen molar-refractivity contribution in [2.75, 3.05) is 0 Å². The number of halogens is 1. The third kappa shape index (κ3) is 2.93. The van der Waals surface area contributed by atoms with Gasteiger partial charge >= 0.3 is 0 Å². The predicted molar refractivity (Wildman–Crippen MR) is 168 cm³/mol. The average molecular weight is 602 g/mol. The van der Waals surface area contributed by atoms with Crippen LogP contribution in [0.4, 0.5) is 0 Å². The molecule has 3 N–H and O–H groups in total. The zero-order valence-electron chi connectivity index (χ0n) is 26.0. The highest BCUT2D eigenvalue weighted by atomic mass is 35.5. The van der Waals surface area contributed by atoms with Crippen LogP contribution >= 0.6 is 11.6 Å². The molecule has 0 amide bonds. The minimum absolute atomic E-state index is 0.0618. The molecular weight excluding hydrogens is 558 g/mol. The van der Waals surface area contributed by atoms with Crippen molar-refractivity contribution in [2.24, 2.45) is 23.2 Å². The number of H-pyrrole nitrogens is 1. The van der Waals surface area contributed by atoms with E-state index in [-0.39, 0.29) is 23.7 Å². The van der Waals surface area contributed by atoms with Crippen LogP contribution in [-0.2, 0) is 21.3 Å². The van der Waals surface area contributed by atoms with Crippen LogP contribution in [0.5, 0.6) is 0 Å². The van der Waals surface area contributed by atoms with Gasteiger partial charge < -0.3 is 24.7 Å². The van der Waals surface area contributed by atoms with Gasteiger partial charge in [-0.2, -0.15) is 0 Å². The smallest absolute Gasteiger partial charge is 0.108 e. The molecule has 2 aromatic rings. The Hall–Kier alpha value is -1.89. The van der Waals surface area contributed by atoms with Crippen LogP contribution in [-0.4, -0.2) is 44.7 Å². The summed E-state index contributed by atoms with van der Waals surface area (Å²) in [6, 6.07) is 2.14. The molecule has 11 atom stereocenters. The Morgan fingerprint density at radius 1 is 1.12 bits per heavy atom. The van der Waals surface area contributed by atoms with E-state index in [9.17, 15) is 10.2 Å². The van der Waals surface area contributed by atoms with Crippen molar-refractivity contribution in [3.8, 4) is 0 Å². The first kappa shape index (κ1) is 27.4. The van der Waals surface area contributed by atoms with E-state index in [0.29, 0.717) is 24.2 Å². The van der Waals surface area contributed by atoms with Gasteiger partial charge in [0.2, 0.25) is 0 Å². The van der Waals surface area contributed by atoms with E-state index >= 15 is 0 Å². The van der Waals surface area contributed by atoms with E-state index in [0.717, 1.165) is 53.8 Å². The summed E-state index contributed by atoms with van der Waals surface area (Å²) in [6.45, 7) is 19.8. The third-order valence-corrected chi connectivity index (χ3v) is 14.5. The van der Waals surface area contributed by atoms with Gasteiger partial charge in [-0.25, -0.2) is 0 Å². The van der Waals surface area contributed by atoms with Crippen LogP contribution in [0.25, 0.3) is 10.9 Å². The number of hydrogen-bond acceptors (Lipinski definition) is 4. The van der Waals surface area contributed by atoms with Crippen molar-refractivity contribution in [3.63, 3.8) is 0 Å². The number of aromatic amines is 1. The minimum atomic E-state index is -1.11. The lowest BCUT2D eigenvalue weighted by molar-refractivity contribution is -0.215. The summed E-state index contributed by atoms with van der Waals surface area (Å²) < 4.78 is 13.8. The molecule has 3 fully saturated rings. The topological polar surface area (TPSA) is 74.7 Å². The number of benzene rings is 1. The maximum Gasteiger partial charge on any atom is 0.108 e. The average Bonchev–Trinajstić information content (AvgIpc) is 3.38. The third-order valence-electron chi connectivity index (χ3n) is 14.2. The minimum Gasteiger partial charge on any atom is -0.386 e. The molecule has 5 nitrogen and oxygen atoms in total. The van der Waals surface area contributed by atoms with Crippen molar-refractivity contribution in [3.05, 3.63) is 69.4 Å². The fourth-order valence-electron chi connectivity index (χ4n) is 11.8. The van der Waals surface area contributed by atoms with Gasteiger partial charge in [-0.15, -0.1) is 0 Å². The summed E-state index contributed by atoms with van der Waals surface area (Å²) in [5.74, 6) is 1.48. The summed E-state index contributed by atoms with van der Waals surface area (Å²) in [7, 11) is 0. The first-order valence-electron chi connectivity index (χ1n) is 16.4. The molecule has 0 radical (unpaired) electrons. The highest BCUT2D eigenvalue weighted by Crippen LogP contribution is 2.74. The first-order valence-corrected chi connectivity index (χ1v) is 16.8. The highest BCUT2D eigenvalue weighted by Gasteiger charge is 2.73. The number of hydrogen-bond donors (Lipinski definition) is 3. The highest BCUT2D eigenvalue weighted by molar-refractivity contribution is 6.32. The van der Waals surface area contributed by atoms with E-state index in [4.69, 9.17) is 21.1 Å².